The molecule has 1 rings (SSSR count). The third-order valence-corrected chi connectivity index (χ3v) is 2.89. The standard InChI is InChI=1S/C11H23N/c1-10(2)6-5-9(7-10)8-11(3,4)12/h9H,5-8,12H2,1-4H3. The molecule has 1 unspecified atom stereocenters. The van der Waals surface area contributed by atoms with Crippen LogP contribution in [-0.4, -0.2) is 5.54 Å². The van der Waals surface area contributed by atoms with Gasteiger partial charge >= 0.3 is 0 Å². The lowest BCUT2D eigenvalue weighted by atomic mass is 9.86. The molecule has 1 aliphatic rings. The minimum absolute atomic E-state index is 0.0328. The van der Waals surface area contributed by atoms with Crippen LogP contribution in [0.15, 0.2) is 0 Å². The Kier molecular flexibility index (Phi) is 2.53. The van der Waals surface area contributed by atoms with Crippen LogP contribution in [0.25, 0.3) is 0 Å². The maximum atomic E-state index is 6.00. The van der Waals surface area contributed by atoms with Crippen LogP contribution in [-0.2, 0) is 0 Å². The van der Waals surface area contributed by atoms with Crippen LogP contribution in [0.5, 0.6) is 0 Å². The van der Waals surface area contributed by atoms with E-state index in [4.69, 9.17) is 5.73 Å². The highest BCUT2D eigenvalue weighted by molar-refractivity contribution is 4.86. The topological polar surface area (TPSA) is 26.0 Å². The highest BCUT2D eigenvalue weighted by Crippen LogP contribution is 2.43. The first-order chi connectivity index (χ1) is 5.29. The number of hydrogen-bond donors (Lipinski definition) is 1. The first-order valence-corrected chi connectivity index (χ1v) is 5.07. The van der Waals surface area contributed by atoms with Crippen LogP contribution < -0.4 is 5.73 Å². The highest BCUT2D eigenvalue weighted by Gasteiger charge is 2.32. The molecule has 12 heavy (non-hydrogen) atoms. The Balaban J connectivity index is 2.39. The van der Waals surface area contributed by atoms with E-state index in [1.54, 1.807) is 0 Å². The quantitative estimate of drug-likeness (QED) is 0.675. The van der Waals surface area contributed by atoms with Gasteiger partial charge in [-0.25, -0.2) is 0 Å². The molecule has 0 aromatic heterocycles. The maximum Gasteiger partial charge on any atom is 0.00996 e. The van der Waals surface area contributed by atoms with Crippen LogP contribution in [0.3, 0.4) is 0 Å². The Bertz CT molecular complexity index is 153. The molecule has 1 heteroatoms. The Morgan fingerprint density at radius 1 is 1.42 bits per heavy atom. The Morgan fingerprint density at radius 3 is 2.33 bits per heavy atom. The predicted molar refractivity (Wildman–Crippen MR) is 54.0 cm³/mol. The third-order valence-electron chi connectivity index (χ3n) is 2.89. The summed E-state index contributed by atoms with van der Waals surface area (Å²) in [5.41, 5.74) is 6.62. The summed E-state index contributed by atoms with van der Waals surface area (Å²) in [6.45, 7) is 9.02. The first kappa shape index (κ1) is 10.0. The number of hydrogen-bond acceptors (Lipinski definition) is 1. The van der Waals surface area contributed by atoms with E-state index >= 15 is 0 Å². The number of nitrogens with two attached hydrogens (primary N) is 1. The van der Waals surface area contributed by atoms with Crippen LogP contribution in [0.1, 0.15) is 53.4 Å². The van der Waals surface area contributed by atoms with E-state index in [2.05, 4.69) is 27.7 Å². The number of rotatable bonds is 2. The fraction of sp³-hybridized carbons (Fsp3) is 1.00. The normalized spacial score (nSPS) is 29.2. The average molecular weight is 169 g/mol. The van der Waals surface area contributed by atoms with Crippen LogP contribution in [0.4, 0.5) is 0 Å². The largest absolute Gasteiger partial charge is 0.326 e. The molecule has 1 fully saturated rings. The summed E-state index contributed by atoms with van der Waals surface area (Å²) in [5.74, 6) is 0.875. The molecule has 0 amide bonds. The fourth-order valence-electron chi connectivity index (χ4n) is 2.50. The van der Waals surface area contributed by atoms with E-state index in [9.17, 15) is 0 Å². The van der Waals surface area contributed by atoms with Gasteiger partial charge in [0.15, 0.2) is 0 Å². The lowest BCUT2D eigenvalue weighted by Gasteiger charge is -2.24. The molecule has 0 aromatic rings. The molecular formula is C11H23N. The lowest BCUT2D eigenvalue weighted by molar-refractivity contribution is 0.319. The van der Waals surface area contributed by atoms with Crippen LogP contribution >= 0.6 is 0 Å². The zero-order valence-electron chi connectivity index (χ0n) is 8.98. The van der Waals surface area contributed by atoms with Gasteiger partial charge in [0.05, 0.1) is 0 Å². The van der Waals surface area contributed by atoms with Crippen molar-refractivity contribution in [3.05, 3.63) is 0 Å². The van der Waals surface area contributed by atoms with Gasteiger partial charge in [0, 0.05) is 5.54 Å². The molecule has 0 aromatic carbocycles. The van der Waals surface area contributed by atoms with E-state index in [1.807, 2.05) is 0 Å². The summed E-state index contributed by atoms with van der Waals surface area (Å²) >= 11 is 0. The summed E-state index contributed by atoms with van der Waals surface area (Å²) in [6.07, 6.45) is 5.32. The fourth-order valence-corrected chi connectivity index (χ4v) is 2.50. The van der Waals surface area contributed by atoms with Crippen LogP contribution in [0, 0.1) is 11.3 Å². The summed E-state index contributed by atoms with van der Waals surface area (Å²) in [4.78, 5) is 0. The van der Waals surface area contributed by atoms with Gasteiger partial charge in [0.2, 0.25) is 0 Å². The monoisotopic (exact) mass is 169 g/mol. The van der Waals surface area contributed by atoms with Crippen molar-refractivity contribution in [1.29, 1.82) is 0 Å². The van der Waals surface area contributed by atoms with Gasteiger partial charge in [-0.2, -0.15) is 0 Å². The van der Waals surface area contributed by atoms with E-state index in [-0.39, 0.29) is 5.54 Å². The van der Waals surface area contributed by atoms with Gasteiger partial charge in [-0.1, -0.05) is 13.8 Å². The summed E-state index contributed by atoms with van der Waals surface area (Å²) in [6, 6.07) is 0. The van der Waals surface area contributed by atoms with Crippen molar-refractivity contribution in [2.24, 2.45) is 17.1 Å². The van der Waals surface area contributed by atoms with Gasteiger partial charge in [0.25, 0.3) is 0 Å². The van der Waals surface area contributed by atoms with Crippen molar-refractivity contribution in [1.82, 2.24) is 0 Å². The second kappa shape index (κ2) is 3.02. The first-order valence-electron chi connectivity index (χ1n) is 5.07. The average Bonchev–Trinajstić information content (AvgIpc) is 2.05. The molecule has 2 N–H and O–H groups in total. The van der Waals surface area contributed by atoms with Gasteiger partial charge in [-0.05, 0) is 50.9 Å². The molecule has 0 heterocycles. The zero-order valence-corrected chi connectivity index (χ0v) is 8.98. The molecule has 0 saturated heterocycles. The van der Waals surface area contributed by atoms with Crippen molar-refractivity contribution in [2.75, 3.05) is 0 Å². The van der Waals surface area contributed by atoms with Gasteiger partial charge in [-0.3, -0.25) is 0 Å². The van der Waals surface area contributed by atoms with Gasteiger partial charge in [-0.15, -0.1) is 0 Å². The summed E-state index contributed by atoms with van der Waals surface area (Å²) in [5, 5.41) is 0. The minimum Gasteiger partial charge on any atom is -0.326 e. The summed E-state index contributed by atoms with van der Waals surface area (Å²) in [7, 11) is 0. The van der Waals surface area contributed by atoms with E-state index in [0.29, 0.717) is 5.41 Å². The molecular weight excluding hydrogens is 146 g/mol. The molecule has 0 spiro atoms. The second-order valence-corrected chi connectivity index (χ2v) is 5.97. The predicted octanol–water partition coefficient (Wildman–Crippen LogP) is 2.94. The molecule has 0 aliphatic heterocycles. The van der Waals surface area contributed by atoms with Gasteiger partial charge in [0.1, 0.15) is 0 Å². The lowest BCUT2D eigenvalue weighted by Crippen LogP contribution is -2.34. The Morgan fingerprint density at radius 2 is 2.00 bits per heavy atom. The van der Waals surface area contributed by atoms with Crippen LogP contribution in [0.2, 0.25) is 0 Å². The van der Waals surface area contributed by atoms with Crippen molar-refractivity contribution >= 4 is 0 Å². The van der Waals surface area contributed by atoms with Crippen molar-refractivity contribution in [3.63, 3.8) is 0 Å². The minimum atomic E-state index is 0.0328. The Labute approximate surface area is 76.7 Å². The van der Waals surface area contributed by atoms with Crippen molar-refractivity contribution in [2.45, 2.75) is 58.9 Å². The molecule has 1 saturated carbocycles. The molecule has 72 valence electrons. The maximum absolute atomic E-state index is 6.00. The van der Waals surface area contributed by atoms with E-state index in [0.717, 1.165) is 5.92 Å². The molecule has 1 aliphatic carbocycles. The zero-order chi connectivity index (χ0) is 9.41. The Hall–Kier alpha value is -0.0400. The molecule has 0 bridgehead atoms. The van der Waals surface area contributed by atoms with Gasteiger partial charge < -0.3 is 5.73 Å². The summed E-state index contributed by atoms with van der Waals surface area (Å²) < 4.78 is 0. The van der Waals surface area contributed by atoms with Crippen molar-refractivity contribution < 1.29 is 0 Å². The van der Waals surface area contributed by atoms with E-state index in [1.165, 1.54) is 25.7 Å². The highest BCUT2D eigenvalue weighted by atomic mass is 14.7. The second-order valence-electron chi connectivity index (χ2n) is 5.97. The molecule has 1 nitrogen and oxygen atoms in total. The van der Waals surface area contributed by atoms with Crippen molar-refractivity contribution in [3.8, 4) is 0 Å². The SMILES string of the molecule is CC(C)(N)CC1CCC(C)(C)C1. The smallest absolute Gasteiger partial charge is 0.00996 e. The molecule has 0 radical (unpaired) electrons. The molecule has 1 atom stereocenters. The third kappa shape index (κ3) is 3.14. The van der Waals surface area contributed by atoms with E-state index < -0.39 is 0 Å².